The van der Waals surface area contributed by atoms with Gasteiger partial charge in [0.1, 0.15) is 5.82 Å². The van der Waals surface area contributed by atoms with Crippen molar-refractivity contribution in [2.24, 2.45) is 5.73 Å². The number of carbonyl (C=O) groups excluding carboxylic acids is 2. The fourth-order valence-electron chi connectivity index (χ4n) is 2.47. The molecule has 0 saturated heterocycles. The van der Waals surface area contributed by atoms with Crippen LogP contribution in [0.5, 0.6) is 0 Å². The predicted molar refractivity (Wildman–Crippen MR) is 100 cm³/mol. The van der Waals surface area contributed by atoms with Gasteiger partial charge in [0.2, 0.25) is 5.91 Å². The van der Waals surface area contributed by atoms with E-state index in [1.165, 1.54) is 25.1 Å². The number of primary amides is 1. The summed E-state index contributed by atoms with van der Waals surface area (Å²) < 4.78 is 15.5. The molecular weight excluding hydrogens is 371 g/mol. The van der Waals surface area contributed by atoms with E-state index >= 15 is 0 Å². The van der Waals surface area contributed by atoms with Crippen LogP contribution in [0.25, 0.3) is 16.6 Å². The lowest BCUT2D eigenvalue weighted by molar-refractivity contribution is -0.119. The molecule has 27 heavy (non-hydrogen) atoms. The molecule has 138 valence electrons. The number of benzene rings is 2. The standard InChI is InChI=1S/C18H15FN4O3S/c1-10(15(24)22-17(20)26)27-18-21-13-8-4-2-6-11(13)16(25)23(18)14-9-5-3-7-12(14)19/h2-10H,1H3,(H3,20,22,24,26)/t10-/m0/s1. The van der Waals surface area contributed by atoms with Crippen LogP contribution in [0.4, 0.5) is 9.18 Å². The second kappa shape index (κ2) is 7.58. The summed E-state index contributed by atoms with van der Waals surface area (Å²) in [5.74, 6) is -1.25. The normalized spacial score (nSPS) is 11.9. The number of urea groups is 1. The molecule has 0 saturated carbocycles. The first kappa shape index (κ1) is 18.6. The van der Waals surface area contributed by atoms with Crippen molar-refractivity contribution in [1.82, 2.24) is 14.9 Å². The summed E-state index contributed by atoms with van der Waals surface area (Å²) in [7, 11) is 0. The molecule has 0 radical (unpaired) electrons. The minimum Gasteiger partial charge on any atom is -0.351 e. The highest BCUT2D eigenvalue weighted by atomic mass is 32.2. The Hall–Kier alpha value is -3.20. The summed E-state index contributed by atoms with van der Waals surface area (Å²) >= 11 is 0.918. The number of nitrogens with zero attached hydrogens (tertiary/aromatic N) is 2. The Bertz CT molecular complexity index is 1100. The number of nitrogens with two attached hydrogens (primary N) is 1. The van der Waals surface area contributed by atoms with Crippen LogP contribution in [0.2, 0.25) is 0 Å². The smallest absolute Gasteiger partial charge is 0.318 e. The number of rotatable bonds is 4. The third kappa shape index (κ3) is 3.82. The van der Waals surface area contributed by atoms with Crippen LogP contribution >= 0.6 is 11.8 Å². The summed E-state index contributed by atoms with van der Waals surface area (Å²) in [6, 6.07) is 11.5. The van der Waals surface area contributed by atoms with Gasteiger partial charge in [0, 0.05) is 0 Å². The van der Waals surface area contributed by atoms with Crippen molar-refractivity contribution in [2.45, 2.75) is 17.3 Å². The van der Waals surface area contributed by atoms with E-state index in [0.29, 0.717) is 10.9 Å². The molecule has 1 heterocycles. The Morgan fingerprint density at radius 2 is 1.85 bits per heavy atom. The maximum absolute atomic E-state index is 14.4. The first-order chi connectivity index (χ1) is 12.9. The molecule has 3 aromatic rings. The maximum atomic E-state index is 14.4. The summed E-state index contributed by atoms with van der Waals surface area (Å²) in [5, 5.41) is 1.61. The van der Waals surface area contributed by atoms with Crippen molar-refractivity contribution >= 4 is 34.6 Å². The predicted octanol–water partition coefficient (Wildman–Crippen LogP) is 2.20. The van der Waals surface area contributed by atoms with E-state index in [1.807, 2.05) is 5.32 Å². The lowest BCUT2D eigenvalue weighted by Gasteiger charge is -2.16. The van der Waals surface area contributed by atoms with Gasteiger partial charge in [-0.3, -0.25) is 19.5 Å². The number of hydrogen-bond acceptors (Lipinski definition) is 5. The van der Waals surface area contributed by atoms with Gasteiger partial charge in [0.25, 0.3) is 5.56 Å². The van der Waals surface area contributed by atoms with Crippen molar-refractivity contribution < 1.29 is 14.0 Å². The summed E-state index contributed by atoms with van der Waals surface area (Å²) in [4.78, 5) is 40.3. The van der Waals surface area contributed by atoms with Crippen molar-refractivity contribution in [3.05, 3.63) is 64.7 Å². The second-order valence-electron chi connectivity index (χ2n) is 5.62. The molecular formula is C18H15FN4O3S. The molecule has 3 rings (SSSR count). The van der Waals surface area contributed by atoms with Crippen LogP contribution in [0.1, 0.15) is 6.92 Å². The summed E-state index contributed by atoms with van der Waals surface area (Å²) in [6.45, 7) is 1.52. The van der Waals surface area contributed by atoms with Gasteiger partial charge in [-0.2, -0.15) is 0 Å². The third-order valence-electron chi connectivity index (χ3n) is 3.74. The number of imide groups is 1. The van der Waals surface area contributed by atoms with Gasteiger partial charge in [-0.25, -0.2) is 14.2 Å². The quantitative estimate of drug-likeness (QED) is 0.528. The molecule has 0 spiro atoms. The number of nitrogens with one attached hydrogen (secondary N) is 1. The lowest BCUT2D eigenvalue weighted by Crippen LogP contribution is -2.39. The SMILES string of the molecule is C[C@H](Sc1nc2ccccc2c(=O)n1-c1ccccc1F)C(=O)NC(N)=O. The molecule has 0 aliphatic carbocycles. The zero-order valence-electron chi connectivity index (χ0n) is 14.2. The molecule has 3 N–H and O–H groups in total. The van der Waals surface area contributed by atoms with E-state index < -0.39 is 28.6 Å². The molecule has 0 unspecified atom stereocenters. The fourth-order valence-corrected chi connectivity index (χ4v) is 3.39. The zero-order valence-corrected chi connectivity index (χ0v) is 15.0. The highest BCUT2D eigenvalue weighted by Gasteiger charge is 2.22. The zero-order chi connectivity index (χ0) is 19.6. The van der Waals surface area contributed by atoms with Gasteiger partial charge in [-0.1, -0.05) is 36.0 Å². The Kier molecular flexibility index (Phi) is 5.22. The van der Waals surface area contributed by atoms with Crippen molar-refractivity contribution in [3.63, 3.8) is 0 Å². The Morgan fingerprint density at radius 3 is 2.56 bits per heavy atom. The van der Waals surface area contributed by atoms with Gasteiger partial charge < -0.3 is 5.73 Å². The molecule has 7 nitrogen and oxygen atoms in total. The lowest BCUT2D eigenvalue weighted by atomic mass is 10.2. The number of carbonyl (C=O) groups is 2. The minimum absolute atomic E-state index is 0.0192. The Labute approximate surface area is 157 Å². The first-order valence-corrected chi connectivity index (χ1v) is 8.80. The summed E-state index contributed by atoms with van der Waals surface area (Å²) in [5.41, 5.74) is 4.94. The average molecular weight is 386 g/mol. The van der Waals surface area contributed by atoms with Gasteiger partial charge in [0.15, 0.2) is 5.16 Å². The van der Waals surface area contributed by atoms with Crippen LogP contribution in [0.15, 0.2) is 58.5 Å². The van der Waals surface area contributed by atoms with Crippen LogP contribution < -0.4 is 16.6 Å². The fraction of sp³-hybridized carbons (Fsp3) is 0.111. The molecule has 0 aliphatic heterocycles. The largest absolute Gasteiger partial charge is 0.351 e. The molecule has 0 fully saturated rings. The van der Waals surface area contributed by atoms with Crippen LogP contribution in [-0.4, -0.2) is 26.7 Å². The molecule has 9 heteroatoms. The molecule has 0 bridgehead atoms. The number of thioether (sulfide) groups is 1. The number of hydrogen-bond donors (Lipinski definition) is 2. The van der Waals surface area contributed by atoms with Gasteiger partial charge in [-0.15, -0.1) is 0 Å². The number of para-hydroxylation sites is 2. The van der Waals surface area contributed by atoms with E-state index in [1.54, 1.807) is 30.3 Å². The van der Waals surface area contributed by atoms with Crippen LogP contribution in [0.3, 0.4) is 0 Å². The molecule has 1 aromatic heterocycles. The first-order valence-electron chi connectivity index (χ1n) is 7.92. The maximum Gasteiger partial charge on any atom is 0.318 e. The van der Waals surface area contributed by atoms with E-state index in [4.69, 9.17) is 5.73 Å². The Balaban J connectivity index is 2.17. The van der Waals surface area contributed by atoms with Crippen LogP contribution in [0, 0.1) is 5.82 Å². The molecule has 0 aliphatic rings. The monoisotopic (exact) mass is 386 g/mol. The topological polar surface area (TPSA) is 107 Å². The number of amides is 3. The van der Waals surface area contributed by atoms with Crippen LogP contribution in [-0.2, 0) is 4.79 Å². The number of aromatic nitrogens is 2. The van der Waals surface area contributed by atoms with Gasteiger partial charge >= 0.3 is 6.03 Å². The number of halogens is 1. The van der Waals surface area contributed by atoms with Gasteiger partial charge in [0.05, 0.1) is 21.8 Å². The van der Waals surface area contributed by atoms with E-state index in [9.17, 15) is 18.8 Å². The number of fused-ring (bicyclic) bond motifs is 1. The van der Waals surface area contributed by atoms with E-state index in [-0.39, 0.29) is 10.8 Å². The van der Waals surface area contributed by atoms with E-state index in [2.05, 4.69) is 4.98 Å². The highest BCUT2D eigenvalue weighted by Crippen LogP contribution is 2.26. The summed E-state index contributed by atoms with van der Waals surface area (Å²) in [6.07, 6.45) is 0. The highest BCUT2D eigenvalue weighted by molar-refractivity contribution is 8.00. The van der Waals surface area contributed by atoms with E-state index in [0.717, 1.165) is 16.3 Å². The molecule has 3 amide bonds. The molecule has 2 aromatic carbocycles. The average Bonchev–Trinajstić information content (AvgIpc) is 2.62. The molecule has 1 atom stereocenters. The Morgan fingerprint density at radius 1 is 1.19 bits per heavy atom. The van der Waals surface area contributed by atoms with Crippen molar-refractivity contribution in [1.29, 1.82) is 0 Å². The van der Waals surface area contributed by atoms with Crippen molar-refractivity contribution in [2.75, 3.05) is 0 Å². The van der Waals surface area contributed by atoms with Gasteiger partial charge in [-0.05, 0) is 31.2 Å². The second-order valence-corrected chi connectivity index (χ2v) is 6.93. The third-order valence-corrected chi connectivity index (χ3v) is 4.79. The minimum atomic E-state index is -0.981. The van der Waals surface area contributed by atoms with Crippen molar-refractivity contribution in [3.8, 4) is 5.69 Å².